The van der Waals surface area contributed by atoms with Crippen molar-refractivity contribution in [1.82, 2.24) is 14.9 Å². The summed E-state index contributed by atoms with van der Waals surface area (Å²) in [6, 6.07) is 9.78. The van der Waals surface area contributed by atoms with Gasteiger partial charge in [0, 0.05) is 28.9 Å². The van der Waals surface area contributed by atoms with Crippen molar-refractivity contribution >= 4 is 28.3 Å². The van der Waals surface area contributed by atoms with Crippen LogP contribution in [-0.4, -0.2) is 39.1 Å². The van der Waals surface area contributed by atoms with E-state index in [2.05, 4.69) is 36.4 Å². The summed E-state index contributed by atoms with van der Waals surface area (Å²) in [5.41, 5.74) is 3.40. The maximum Gasteiger partial charge on any atom is 0.253 e. The third kappa shape index (κ3) is 8.43. The molecule has 0 atom stereocenters. The summed E-state index contributed by atoms with van der Waals surface area (Å²) >= 11 is 1.36. The van der Waals surface area contributed by atoms with Gasteiger partial charge in [-0.1, -0.05) is 37.6 Å². The molecule has 0 fully saturated rings. The molecule has 8 heteroatoms. The van der Waals surface area contributed by atoms with Crippen LogP contribution < -0.4 is 10.6 Å². The summed E-state index contributed by atoms with van der Waals surface area (Å²) < 4.78 is 1.96. The van der Waals surface area contributed by atoms with Crippen LogP contribution in [0.25, 0.3) is 11.3 Å². The van der Waals surface area contributed by atoms with Crippen molar-refractivity contribution < 1.29 is 14.7 Å². The first kappa shape index (κ1) is 27.3. The lowest BCUT2D eigenvalue weighted by Gasteiger charge is -2.20. The average molecular weight is 485 g/mol. The number of amides is 2. The number of nitrogens with one attached hydrogen (secondary N) is 2. The highest BCUT2D eigenvalue weighted by molar-refractivity contribution is 7.14. The van der Waals surface area contributed by atoms with Gasteiger partial charge in [-0.3, -0.25) is 9.59 Å². The minimum Gasteiger partial charge on any atom is -0.393 e. The quantitative estimate of drug-likeness (QED) is 0.429. The van der Waals surface area contributed by atoms with E-state index in [-0.39, 0.29) is 30.0 Å². The second-order valence-corrected chi connectivity index (χ2v) is 9.94. The van der Waals surface area contributed by atoms with Crippen LogP contribution in [0, 0.1) is 6.92 Å². The van der Waals surface area contributed by atoms with Gasteiger partial charge in [0.05, 0.1) is 23.9 Å². The number of hydrogen-bond acceptors (Lipinski definition) is 5. The Morgan fingerprint density at radius 3 is 2.44 bits per heavy atom. The number of aliphatic hydroxyl groups excluding tert-OH is 1. The number of benzene rings is 1. The highest BCUT2D eigenvalue weighted by atomic mass is 32.1. The van der Waals surface area contributed by atoms with E-state index >= 15 is 0 Å². The number of aromatic nitrogens is 2. The molecule has 0 aliphatic carbocycles. The molecular weight excluding hydrogens is 448 g/mol. The Kier molecular flexibility index (Phi) is 10.0. The van der Waals surface area contributed by atoms with Crippen LogP contribution in [-0.2, 0) is 10.3 Å². The molecule has 0 aliphatic rings. The summed E-state index contributed by atoms with van der Waals surface area (Å²) in [6.07, 6.45) is 5.34. The van der Waals surface area contributed by atoms with E-state index in [1.807, 2.05) is 61.2 Å². The molecule has 0 saturated carbocycles. The molecule has 3 rings (SSSR count). The Morgan fingerprint density at radius 1 is 1.18 bits per heavy atom. The largest absolute Gasteiger partial charge is 0.393 e. The third-order valence-electron chi connectivity index (χ3n) is 5.15. The van der Waals surface area contributed by atoms with Crippen molar-refractivity contribution in [3.8, 4) is 11.3 Å². The van der Waals surface area contributed by atoms with Gasteiger partial charge < -0.3 is 20.3 Å². The Morgan fingerprint density at radius 2 is 1.88 bits per heavy atom. The van der Waals surface area contributed by atoms with Crippen molar-refractivity contribution in [2.75, 3.05) is 11.9 Å². The van der Waals surface area contributed by atoms with E-state index in [0.29, 0.717) is 10.7 Å². The molecule has 34 heavy (non-hydrogen) atoms. The van der Waals surface area contributed by atoms with Crippen molar-refractivity contribution in [2.45, 2.75) is 66.0 Å². The topological polar surface area (TPSA) is 96.3 Å². The number of aliphatic hydroxyl groups is 1. The summed E-state index contributed by atoms with van der Waals surface area (Å²) in [6.45, 7) is 12.0. The number of carbonyl (C=O) groups excluding carboxylic acids is 2. The van der Waals surface area contributed by atoms with Gasteiger partial charge in [-0.2, -0.15) is 0 Å². The van der Waals surface area contributed by atoms with Crippen LogP contribution >= 0.6 is 11.3 Å². The lowest BCUT2D eigenvalue weighted by molar-refractivity contribution is -0.115. The Balaban J connectivity index is 0.000000604. The van der Waals surface area contributed by atoms with Crippen molar-refractivity contribution in [3.63, 3.8) is 0 Å². The number of aryl methyl sites for hydroxylation is 1. The van der Waals surface area contributed by atoms with E-state index in [9.17, 15) is 9.59 Å². The SMILES string of the molecule is CCC(O)CC.Cc1cccc(-c2csc(NC(=O)CNC(=O)c3ccn(C(C)(C)C)c3)n2)c1. The van der Waals surface area contributed by atoms with Gasteiger partial charge in [0.15, 0.2) is 5.13 Å². The first-order valence-corrected chi connectivity index (χ1v) is 12.4. The highest BCUT2D eigenvalue weighted by Crippen LogP contribution is 2.25. The third-order valence-corrected chi connectivity index (χ3v) is 5.90. The molecular formula is C26H36N4O3S. The number of anilines is 1. The van der Waals surface area contributed by atoms with E-state index in [1.165, 1.54) is 11.3 Å². The monoisotopic (exact) mass is 484 g/mol. The van der Waals surface area contributed by atoms with E-state index in [0.717, 1.165) is 29.7 Å². The van der Waals surface area contributed by atoms with Gasteiger partial charge in [-0.25, -0.2) is 4.98 Å². The molecule has 0 radical (unpaired) electrons. The summed E-state index contributed by atoms with van der Waals surface area (Å²) in [7, 11) is 0. The van der Waals surface area contributed by atoms with Crippen LogP contribution in [0.2, 0.25) is 0 Å². The Hall–Kier alpha value is -2.97. The number of rotatable bonds is 7. The zero-order chi connectivity index (χ0) is 25.3. The second-order valence-electron chi connectivity index (χ2n) is 9.09. The number of nitrogens with zero attached hydrogens (tertiary/aromatic N) is 2. The maximum atomic E-state index is 12.2. The van der Waals surface area contributed by atoms with Crippen molar-refractivity contribution in [1.29, 1.82) is 0 Å². The normalized spacial score (nSPS) is 11.1. The molecule has 0 saturated heterocycles. The zero-order valence-corrected chi connectivity index (χ0v) is 21.7. The lowest BCUT2D eigenvalue weighted by atomic mass is 10.1. The lowest BCUT2D eigenvalue weighted by Crippen LogP contribution is -2.32. The molecule has 3 aromatic rings. The van der Waals surface area contributed by atoms with Crippen molar-refractivity contribution in [2.24, 2.45) is 0 Å². The van der Waals surface area contributed by atoms with E-state index in [4.69, 9.17) is 5.11 Å². The number of hydrogen-bond donors (Lipinski definition) is 3. The molecule has 1 aromatic carbocycles. The predicted octanol–water partition coefficient (Wildman–Crippen LogP) is 5.21. The number of carbonyl (C=O) groups is 2. The zero-order valence-electron chi connectivity index (χ0n) is 20.9. The Labute approximate surface area is 206 Å². The van der Waals surface area contributed by atoms with Gasteiger partial charge in [-0.05, 0) is 52.7 Å². The number of thiazole rings is 1. The van der Waals surface area contributed by atoms with Gasteiger partial charge in [-0.15, -0.1) is 11.3 Å². The van der Waals surface area contributed by atoms with Crippen LogP contribution in [0.5, 0.6) is 0 Å². The maximum absolute atomic E-state index is 12.2. The van der Waals surface area contributed by atoms with Gasteiger partial charge in [0.1, 0.15) is 0 Å². The predicted molar refractivity (Wildman–Crippen MR) is 139 cm³/mol. The standard InChI is InChI=1S/C21H24N4O2S.C5H12O/c1-14-6-5-7-15(10-14)17-13-28-20(23-17)24-18(26)11-22-19(27)16-8-9-25(12-16)21(2,3)4;1-3-5(6)4-2/h5-10,12-13H,11H2,1-4H3,(H,22,27)(H,23,24,26);5-6H,3-4H2,1-2H3. The van der Waals surface area contributed by atoms with Gasteiger partial charge in [0.25, 0.3) is 5.91 Å². The van der Waals surface area contributed by atoms with E-state index < -0.39 is 0 Å². The minimum absolute atomic E-state index is 0.0648. The molecule has 2 heterocycles. The average Bonchev–Trinajstić information content (AvgIpc) is 3.47. The second kappa shape index (κ2) is 12.5. The van der Waals surface area contributed by atoms with Crippen LogP contribution in [0.15, 0.2) is 48.1 Å². The fourth-order valence-corrected chi connectivity index (χ4v) is 3.67. The molecule has 0 unspecified atom stereocenters. The molecule has 0 aliphatic heterocycles. The molecule has 0 bridgehead atoms. The smallest absolute Gasteiger partial charge is 0.253 e. The molecule has 0 spiro atoms. The van der Waals surface area contributed by atoms with Crippen LogP contribution in [0.3, 0.4) is 0 Å². The van der Waals surface area contributed by atoms with Crippen molar-refractivity contribution in [3.05, 3.63) is 59.2 Å². The first-order chi connectivity index (χ1) is 16.0. The fourth-order valence-electron chi connectivity index (χ4n) is 2.93. The first-order valence-electron chi connectivity index (χ1n) is 11.5. The summed E-state index contributed by atoms with van der Waals surface area (Å²) in [5.74, 6) is -0.591. The van der Waals surface area contributed by atoms with Gasteiger partial charge >= 0.3 is 0 Å². The van der Waals surface area contributed by atoms with Crippen LogP contribution in [0.4, 0.5) is 5.13 Å². The molecule has 184 valence electrons. The van der Waals surface area contributed by atoms with Crippen LogP contribution in [0.1, 0.15) is 63.4 Å². The highest BCUT2D eigenvalue weighted by Gasteiger charge is 2.16. The molecule has 2 aromatic heterocycles. The minimum atomic E-state index is -0.311. The fraction of sp³-hybridized carbons (Fsp3) is 0.423. The Bertz CT molecular complexity index is 1080. The summed E-state index contributed by atoms with van der Waals surface area (Å²) in [5, 5.41) is 16.5. The van der Waals surface area contributed by atoms with Gasteiger partial charge in [0.2, 0.25) is 5.91 Å². The molecule has 3 N–H and O–H groups in total. The van der Waals surface area contributed by atoms with E-state index in [1.54, 1.807) is 12.3 Å². The molecule has 7 nitrogen and oxygen atoms in total. The summed E-state index contributed by atoms with van der Waals surface area (Å²) in [4.78, 5) is 28.8. The molecule has 2 amide bonds.